The smallest absolute Gasteiger partial charge is 0.258 e. The van der Waals surface area contributed by atoms with Gasteiger partial charge in [0.25, 0.3) is 5.91 Å². The van der Waals surface area contributed by atoms with Gasteiger partial charge in [-0.2, -0.15) is 9.97 Å². The highest BCUT2D eigenvalue weighted by atomic mass is 32.2. The Kier molecular flexibility index (Phi) is 6.17. The van der Waals surface area contributed by atoms with Gasteiger partial charge in [0.05, 0.1) is 25.2 Å². The van der Waals surface area contributed by atoms with Crippen LogP contribution in [0, 0.1) is 0 Å². The normalized spacial score (nSPS) is 14.0. The summed E-state index contributed by atoms with van der Waals surface area (Å²) in [6.07, 6.45) is 1.03. The summed E-state index contributed by atoms with van der Waals surface area (Å²) in [5.41, 5.74) is 0.161. The van der Waals surface area contributed by atoms with E-state index in [1.165, 1.54) is 43.4 Å². The Labute approximate surface area is 173 Å². The summed E-state index contributed by atoms with van der Waals surface area (Å²) in [6.45, 7) is 0.408. The third kappa shape index (κ3) is 4.66. The molecule has 0 bridgehead atoms. The third-order valence-electron chi connectivity index (χ3n) is 4.53. The number of amides is 2. The van der Waals surface area contributed by atoms with Gasteiger partial charge in [0.2, 0.25) is 33.6 Å². The summed E-state index contributed by atoms with van der Waals surface area (Å²) in [7, 11) is -1.34. The van der Waals surface area contributed by atoms with Gasteiger partial charge in [-0.15, -0.1) is 0 Å². The number of nitrogens with two attached hydrogens (primary N) is 1. The van der Waals surface area contributed by atoms with Crippen LogP contribution in [-0.4, -0.2) is 55.9 Å². The van der Waals surface area contributed by atoms with Crippen molar-refractivity contribution in [2.24, 2.45) is 5.14 Å². The van der Waals surface area contributed by atoms with Crippen molar-refractivity contribution in [2.75, 3.05) is 26.1 Å². The molecule has 0 spiro atoms. The number of sulfonamides is 1. The molecule has 30 heavy (non-hydrogen) atoms. The maximum Gasteiger partial charge on any atom is 0.258 e. The Morgan fingerprint density at radius 1 is 1.23 bits per heavy atom. The molecular formula is C18H21N5O6S. The Hall–Kier alpha value is -3.25. The number of methoxy groups -OCH3 is 2. The fourth-order valence-corrected chi connectivity index (χ4v) is 3.89. The number of carbonyl (C=O) groups is 2. The molecule has 1 fully saturated rings. The topological polar surface area (TPSA) is 154 Å². The molecule has 1 aromatic heterocycles. The number of anilines is 1. The number of nitrogens with one attached hydrogen (secondary N) is 1. The Morgan fingerprint density at radius 3 is 2.43 bits per heavy atom. The first-order valence-corrected chi connectivity index (χ1v) is 10.5. The van der Waals surface area contributed by atoms with Gasteiger partial charge >= 0.3 is 0 Å². The highest BCUT2D eigenvalue weighted by molar-refractivity contribution is 7.89. The summed E-state index contributed by atoms with van der Waals surface area (Å²) >= 11 is 0. The van der Waals surface area contributed by atoms with Gasteiger partial charge in [-0.1, -0.05) is 6.07 Å². The molecule has 1 aliphatic rings. The average Bonchev–Trinajstić information content (AvgIpc) is 3.11. The highest BCUT2D eigenvalue weighted by Crippen LogP contribution is 2.25. The number of primary sulfonamides is 1. The molecule has 0 aliphatic carbocycles. The lowest BCUT2D eigenvalue weighted by Crippen LogP contribution is -2.28. The van der Waals surface area contributed by atoms with Crippen LogP contribution in [-0.2, 0) is 21.4 Å². The minimum absolute atomic E-state index is 0.0339. The zero-order chi connectivity index (χ0) is 21.9. The zero-order valence-corrected chi connectivity index (χ0v) is 17.2. The molecule has 1 saturated heterocycles. The Bertz CT molecular complexity index is 1070. The standard InChI is InChI=1S/C18H21N5O6S/c1-28-14-9-15(29-2)21-18(20-14)22-17(25)11-5-3-6-13(30(19,26)27)12(11)10-23-8-4-7-16(23)24/h3,5-6,9H,4,7-8,10H2,1-2H3,(H2,19,26,27)(H,20,21,22,25). The van der Waals surface area contributed by atoms with E-state index >= 15 is 0 Å². The number of likely N-dealkylation sites (tertiary alicyclic amines) is 1. The van der Waals surface area contributed by atoms with Crippen LogP contribution >= 0.6 is 0 Å². The zero-order valence-electron chi connectivity index (χ0n) is 16.4. The van der Waals surface area contributed by atoms with Crippen molar-refractivity contribution in [3.8, 4) is 11.8 Å². The second kappa shape index (κ2) is 8.63. The predicted octanol–water partition coefficient (Wildman–Crippen LogP) is 0.516. The highest BCUT2D eigenvalue weighted by Gasteiger charge is 2.27. The number of benzene rings is 1. The van der Waals surface area contributed by atoms with Crippen molar-refractivity contribution in [2.45, 2.75) is 24.3 Å². The number of carbonyl (C=O) groups excluding carboxylic acids is 2. The van der Waals surface area contributed by atoms with E-state index in [1.807, 2.05) is 0 Å². The fraction of sp³-hybridized carbons (Fsp3) is 0.333. The maximum atomic E-state index is 13.0. The van der Waals surface area contributed by atoms with Crippen molar-refractivity contribution in [1.82, 2.24) is 14.9 Å². The fourth-order valence-electron chi connectivity index (χ4n) is 3.11. The second-order valence-electron chi connectivity index (χ2n) is 6.48. The van der Waals surface area contributed by atoms with Gasteiger partial charge in [-0.3, -0.25) is 14.9 Å². The summed E-state index contributed by atoms with van der Waals surface area (Å²) in [5.74, 6) is -0.555. The Balaban J connectivity index is 2.00. The lowest BCUT2D eigenvalue weighted by molar-refractivity contribution is -0.128. The molecule has 0 radical (unpaired) electrons. The van der Waals surface area contributed by atoms with Gasteiger partial charge < -0.3 is 14.4 Å². The minimum Gasteiger partial charge on any atom is -0.481 e. The van der Waals surface area contributed by atoms with E-state index in [1.54, 1.807) is 0 Å². The van der Waals surface area contributed by atoms with Crippen LogP contribution in [0.1, 0.15) is 28.8 Å². The van der Waals surface area contributed by atoms with E-state index in [9.17, 15) is 18.0 Å². The first kappa shape index (κ1) is 21.5. The maximum absolute atomic E-state index is 13.0. The van der Waals surface area contributed by atoms with Crippen LogP contribution in [0.25, 0.3) is 0 Å². The van der Waals surface area contributed by atoms with Crippen LogP contribution in [0.2, 0.25) is 0 Å². The molecule has 0 atom stereocenters. The third-order valence-corrected chi connectivity index (χ3v) is 5.52. The minimum atomic E-state index is -4.13. The Morgan fingerprint density at radius 2 is 1.90 bits per heavy atom. The van der Waals surface area contributed by atoms with E-state index in [4.69, 9.17) is 14.6 Å². The second-order valence-corrected chi connectivity index (χ2v) is 8.01. The number of hydrogen-bond donors (Lipinski definition) is 2. The predicted molar refractivity (Wildman–Crippen MR) is 106 cm³/mol. The van der Waals surface area contributed by atoms with E-state index < -0.39 is 15.9 Å². The first-order chi connectivity index (χ1) is 14.2. The average molecular weight is 435 g/mol. The van der Waals surface area contributed by atoms with Crippen molar-refractivity contribution in [3.63, 3.8) is 0 Å². The molecule has 2 amide bonds. The summed E-state index contributed by atoms with van der Waals surface area (Å²) < 4.78 is 34.3. The number of hydrogen-bond acceptors (Lipinski definition) is 8. The summed E-state index contributed by atoms with van der Waals surface area (Å²) in [4.78, 5) is 34.3. The van der Waals surface area contributed by atoms with Crippen molar-refractivity contribution < 1.29 is 27.5 Å². The van der Waals surface area contributed by atoms with E-state index in [2.05, 4.69) is 15.3 Å². The molecule has 12 heteroatoms. The first-order valence-electron chi connectivity index (χ1n) is 8.94. The van der Waals surface area contributed by atoms with Gasteiger partial charge in [0.1, 0.15) is 0 Å². The number of rotatable bonds is 7. The van der Waals surface area contributed by atoms with Gasteiger partial charge in [-0.05, 0) is 18.6 Å². The molecule has 3 rings (SSSR count). The van der Waals surface area contributed by atoms with Crippen LogP contribution in [0.3, 0.4) is 0 Å². The van der Waals surface area contributed by atoms with Gasteiger partial charge in [0, 0.05) is 30.6 Å². The summed E-state index contributed by atoms with van der Waals surface area (Å²) in [5, 5.41) is 7.85. The molecule has 3 N–H and O–H groups in total. The van der Waals surface area contributed by atoms with Crippen molar-refractivity contribution in [1.29, 1.82) is 0 Å². The van der Waals surface area contributed by atoms with Crippen LogP contribution < -0.4 is 19.9 Å². The van der Waals surface area contributed by atoms with Crippen LogP contribution in [0.5, 0.6) is 11.8 Å². The quantitative estimate of drug-likeness (QED) is 0.638. The number of nitrogens with zero attached hydrogens (tertiary/aromatic N) is 3. The van der Waals surface area contributed by atoms with Gasteiger partial charge in [-0.25, -0.2) is 13.6 Å². The van der Waals surface area contributed by atoms with Crippen molar-refractivity contribution >= 4 is 27.8 Å². The lowest BCUT2D eigenvalue weighted by Gasteiger charge is -2.20. The lowest BCUT2D eigenvalue weighted by atomic mass is 10.1. The molecule has 11 nitrogen and oxygen atoms in total. The molecule has 160 valence electrons. The van der Waals surface area contributed by atoms with Gasteiger partial charge in [0.15, 0.2) is 0 Å². The number of ether oxygens (including phenoxy) is 2. The molecule has 1 aromatic carbocycles. The molecule has 0 unspecified atom stereocenters. The van der Waals surface area contributed by atoms with E-state index in [0.717, 1.165) is 0 Å². The van der Waals surface area contributed by atoms with E-state index in [-0.39, 0.29) is 46.2 Å². The number of aromatic nitrogens is 2. The molecule has 2 heterocycles. The SMILES string of the molecule is COc1cc(OC)nc(NC(=O)c2cccc(S(N)(=O)=O)c2CN2CCCC2=O)n1. The summed E-state index contributed by atoms with van der Waals surface area (Å²) in [6, 6.07) is 5.57. The monoisotopic (exact) mass is 435 g/mol. The largest absolute Gasteiger partial charge is 0.481 e. The van der Waals surface area contributed by atoms with E-state index in [0.29, 0.717) is 19.4 Å². The molecule has 1 aliphatic heterocycles. The molecular weight excluding hydrogens is 414 g/mol. The molecule has 2 aromatic rings. The molecule has 0 saturated carbocycles. The van der Waals surface area contributed by atoms with Crippen LogP contribution in [0.4, 0.5) is 5.95 Å². The van der Waals surface area contributed by atoms with Crippen molar-refractivity contribution in [3.05, 3.63) is 35.4 Å². The van der Waals surface area contributed by atoms with Crippen LogP contribution in [0.15, 0.2) is 29.2 Å².